The maximum Gasteiger partial charge on any atom is 0.330 e. The highest BCUT2D eigenvalue weighted by Gasteiger charge is 2.08. The van der Waals surface area contributed by atoms with Crippen LogP contribution in [0, 0.1) is 0 Å². The molecule has 1 radical (unpaired) electrons. The first-order valence-corrected chi connectivity index (χ1v) is 3.52. The van der Waals surface area contributed by atoms with Gasteiger partial charge in [0, 0.05) is 12.4 Å². The molecule has 0 aliphatic rings. The Morgan fingerprint density at radius 2 is 2.08 bits per heavy atom. The van der Waals surface area contributed by atoms with Gasteiger partial charge in [-0.05, 0) is 6.07 Å². The summed E-state index contributed by atoms with van der Waals surface area (Å²) in [5, 5.41) is 16.6. The predicted octanol–water partition coefficient (Wildman–Crippen LogP) is 1.14. The van der Waals surface area contributed by atoms with E-state index in [2.05, 4.69) is 20.2 Å². The van der Waals surface area contributed by atoms with Crippen molar-refractivity contribution in [1.29, 1.82) is 0 Å². The van der Waals surface area contributed by atoms with Gasteiger partial charge in [0.1, 0.15) is 0 Å². The summed E-state index contributed by atoms with van der Waals surface area (Å²) in [7, 11) is 0. The fourth-order valence-electron chi connectivity index (χ4n) is 0.776. The van der Waals surface area contributed by atoms with Crippen LogP contribution in [0.1, 0.15) is 0 Å². The normalized spacial score (nSPS) is 9.85. The van der Waals surface area contributed by atoms with Gasteiger partial charge in [0.2, 0.25) is 5.75 Å². The molecular weight excluding hydrogens is 172 g/mol. The Morgan fingerprint density at radius 3 is 2.69 bits per heavy atom. The largest absolute Gasteiger partial charge is 0.417 e. The lowest BCUT2D eigenvalue weighted by molar-refractivity contribution is 0.310. The van der Waals surface area contributed by atoms with Crippen molar-refractivity contribution in [3.05, 3.63) is 24.7 Å². The fraction of sp³-hybridized carbons (Fsp3) is 0. The molecule has 0 atom stereocenters. The van der Waals surface area contributed by atoms with E-state index in [1.54, 1.807) is 6.07 Å². The summed E-state index contributed by atoms with van der Waals surface area (Å²) in [5.74, 6) is -0.376. The van der Waals surface area contributed by atoms with Gasteiger partial charge in [-0.2, -0.15) is 0 Å². The molecule has 1 N–H and O–H groups in total. The van der Waals surface area contributed by atoms with Crippen molar-refractivity contribution in [3.63, 3.8) is 0 Å². The number of nitrogens with one attached hydrogen (secondary N) is 1. The molecule has 2 aromatic rings. The van der Waals surface area contributed by atoms with E-state index in [0.717, 1.165) is 0 Å². The van der Waals surface area contributed by atoms with Crippen molar-refractivity contribution in [3.8, 4) is 17.6 Å². The Morgan fingerprint density at radius 1 is 1.31 bits per heavy atom. The minimum atomic E-state index is -0.465. The second kappa shape index (κ2) is 3.10. The molecule has 2 aromatic heterocycles. The minimum absolute atomic E-state index is 0.0891. The van der Waals surface area contributed by atoms with Crippen molar-refractivity contribution < 1.29 is 9.84 Å². The average Bonchev–Trinajstić information content (AvgIpc) is 2.54. The molecule has 0 fully saturated rings. The van der Waals surface area contributed by atoms with Crippen LogP contribution in [-0.2, 0) is 5.11 Å². The molecule has 0 bridgehead atoms. The van der Waals surface area contributed by atoms with Crippen molar-refractivity contribution in [2.45, 2.75) is 0 Å². The second-order valence-corrected chi connectivity index (χ2v) is 2.19. The molecule has 6 nitrogen and oxygen atoms in total. The number of aromatic nitrogens is 4. The van der Waals surface area contributed by atoms with Gasteiger partial charge in [-0.15, -0.1) is 5.10 Å². The molecule has 0 amide bonds. The SMILES string of the molecule is [O]c1n[nH]cc1Oc1ncccn1. The zero-order valence-electron chi connectivity index (χ0n) is 6.47. The van der Waals surface area contributed by atoms with Crippen LogP contribution in [-0.4, -0.2) is 20.2 Å². The average molecular weight is 177 g/mol. The molecule has 0 aliphatic carbocycles. The Labute approximate surface area is 73.2 Å². The first-order valence-electron chi connectivity index (χ1n) is 3.52. The first-order chi connectivity index (χ1) is 6.36. The summed E-state index contributed by atoms with van der Waals surface area (Å²) in [4.78, 5) is 7.56. The highest BCUT2D eigenvalue weighted by molar-refractivity contribution is 5.30. The van der Waals surface area contributed by atoms with Crippen LogP contribution in [0.15, 0.2) is 24.7 Å². The maximum atomic E-state index is 10.9. The van der Waals surface area contributed by atoms with Gasteiger partial charge in [0.25, 0.3) is 0 Å². The van der Waals surface area contributed by atoms with E-state index in [1.165, 1.54) is 18.6 Å². The Bertz CT molecular complexity index is 386. The van der Waals surface area contributed by atoms with Crippen LogP contribution < -0.4 is 4.74 Å². The Hall–Kier alpha value is -2.11. The third-order valence-corrected chi connectivity index (χ3v) is 1.32. The molecule has 0 aromatic carbocycles. The topological polar surface area (TPSA) is 83.6 Å². The van der Waals surface area contributed by atoms with Crippen LogP contribution in [0.25, 0.3) is 0 Å². The van der Waals surface area contributed by atoms with Crippen molar-refractivity contribution in [2.24, 2.45) is 0 Å². The number of nitrogens with zero attached hydrogens (tertiary/aromatic N) is 3. The Balaban J connectivity index is 2.20. The number of ether oxygens (including phenoxy) is 1. The number of H-pyrrole nitrogens is 1. The van der Waals surface area contributed by atoms with Crippen LogP contribution in [0.5, 0.6) is 17.6 Å². The van der Waals surface area contributed by atoms with E-state index in [1.807, 2.05) is 0 Å². The van der Waals surface area contributed by atoms with E-state index in [0.29, 0.717) is 0 Å². The monoisotopic (exact) mass is 177 g/mol. The summed E-state index contributed by atoms with van der Waals surface area (Å²) in [5.41, 5.74) is 0. The number of hydrogen-bond acceptors (Lipinski definition) is 4. The molecule has 13 heavy (non-hydrogen) atoms. The molecule has 2 rings (SSSR count). The van der Waals surface area contributed by atoms with Gasteiger partial charge >= 0.3 is 11.9 Å². The van der Waals surface area contributed by atoms with Gasteiger partial charge in [0.05, 0.1) is 6.20 Å². The minimum Gasteiger partial charge on any atom is -0.417 e. The highest BCUT2D eigenvalue weighted by Crippen LogP contribution is 2.25. The molecule has 6 heteroatoms. The van der Waals surface area contributed by atoms with E-state index in [4.69, 9.17) is 4.74 Å². The number of rotatable bonds is 2. The summed E-state index contributed by atoms with van der Waals surface area (Å²) in [6.45, 7) is 0. The van der Waals surface area contributed by atoms with E-state index in [9.17, 15) is 5.11 Å². The highest BCUT2D eigenvalue weighted by atomic mass is 16.5. The molecule has 0 saturated carbocycles. The van der Waals surface area contributed by atoms with Gasteiger partial charge in [-0.25, -0.2) is 9.97 Å². The standard InChI is InChI=1S/C7H5N4O2/c12-6-5(4-10-11-6)13-7-8-2-1-3-9-7/h1-4H,(H,10,11). The third-order valence-electron chi connectivity index (χ3n) is 1.32. The molecular formula is C7H5N4O2. The van der Waals surface area contributed by atoms with Crippen LogP contribution >= 0.6 is 0 Å². The fourth-order valence-corrected chi connectivity index (χ4v) is 0.776. The van der Waals surface area contributed by atoms with Crippen LogP contribution in [0.3, 0.4) is 0 Å². The van der Waals surface area contributed by atoms with E-state index < -0.39 is 5.88 Å². The first kappa shape index (κ1) is 7.53. The number of aromatic amines is 1. The maximum absolute atomic E-state index is 10.9. The molecule has 0 saturated heterocycles. The lowest BCUT2D eigenvalue weighted by Crippen LogP contribution is -1.88. The lowest BCUT2D eigenvalue weighted by Gasteiger charge is -1.97. The molecule has 2 heterocycles. The summed E-state index contributed by atoms with van der Waals surface area (Å²) in [6, 6.07) is 1.78. The van der Waals surface area contributed by atoms with E-state index in [-0.39, 0.29) is 11.8 Å². The molecule has 65 valence electrons. The molecule has 0 unspecified atom stereocenters. The van der Waals surface area contributed by atoms with Gasteiger partial charge in [-0.3, -0.25) is 10.2 Å². The summed E-state index contributed by atoms with van der Waals surface area (Å²) < 4.78 is 5.02. The summed E-state index contributed by atoms with van der Waals surface area (Å²) in [6.07, 6.45) is 4.39. The lowest BCUT2D eigenvalue weighted by atomic mass is 10.6. The Kier molecular flexibility index (Phi) is 1.79. The van der Waals surface area contributed by atoms with E-state index >= 15 is 0 Å². The number of hydrogen-bond donors (Lipinski definition) is 1. The quantitative estimate of drug-likeness (QED) is 0.745. The second-order valence-electron chi connectivity index (χ2n) is 2.19. The van der Waals surface area contributed by atoms with Gasteiger partial charge < -0.3 is 4.74 Å². The zero-order chi connectivity index (χ0) is 9.10. The van der Waals surface area contributed by atoms with Crippen molar-refractivity contribution >= 4 is 0 Å². The van der Waals surface area contributed by atoms with Crippen LogP contribution in [0.2, 0.25) is 0 Å². The summed E-state index contributed by atoms with van der Waals surface area (Å²) >= 11 is 0. The van der Waals surface area contributed by atoms with Gasteiger partial charge in [0.15, 0.2) is 0 Å². The predicted molar refractivity (Wildman–Crippen MR) is 40.8 cm³/mol. The van der Waals surface area contributed by atoms with Crippen LogP contribution in [0.4, 0.5) is 0 Å². The third kappa shape index (κ3) is 1.56. The van der Waals surface area contributed by atoms with Crippen molar-refractivity contribution in [1.82, 2.24) is 20.2 Å². The zero-order valence-corrected chi connectivity index (χ0v) is 6.47. The molecule has 0 aliphatic heterocycles. The van der Waals surface area contributed by atoms with Gasteiger partial charge in [-0.1, -0.05) is 0 Å². The smallest absolute Gasteiger partial charge is 0.330 e. The molecule has 0 spiro atoms. The van der Waals surface area contributed by atoms with Crippen molar-refractivity contribution in [2.75, 3.05) is 0 Å².